The Kier molecular flexibility index (Phi) is 1.93. The van der Waals surface area contributed by atoms with Gasteiger partial charge >= 0.3 is 0 Å². The first-order chi connectivity index (χ1) is 6.31. The highest BCUT2D eigenvalue weighted by Crippen LogP contribution is 2.24. The molecule has 68 valence electrons. The van der Waals surface area contributed by atoms with Gasteiger partial charge in [-0.1, -0.05) is 0 Å². The fourth-order valence-electron chi connectivity index (χ4n) is 1.22. The lowest BCUT2D eigenvalue weighted by molar-refractivity contribution is -0.109. The number of hydrogen-bond acceptors (Lipinski definition) is 2. The maximum absolute atomic E-state index is 10.8. The molecule has 3 heteroatoms. The molecular weight excluding hydrogens is 166 g/mol. The quantitative estimate of drug-likeness (QED) is 0.653. The number of nitrogens with zero attached hydrogens (tertiary/aromatic N) is 1. The summed E-state index contributed by atoms with van der Waals surface area (Å²) < 4.78 is 5.28. The molecule has 0 aliphatic carbocycles. The molecule has 0 N–H and O–H groups in total. The molecular formula is C10H11NO2. The van der Waals surface area contributed by atoms with Gasteiger partial charge in [-0.15, -0.1) is 0 Å². The third-order valence-corrected chi connectivity index (χ3v) is 1.95. The monoisotopic (exact) mass is 177 g/mol. The van der Waals surface area contributed by atoms with Gasteiger partial charge in [-0.3, -0.25) is 4.79 Å². The van der Waals surface area contributed by atoms with Gasteiger partial charge in [0.25, 0.3) is 0 Å². The van der Waals surface area contributed by atoms with Crippen molar-refractivity contribution in [1.29, 1.82) is 0 Å². The van der Waals surface area contributed by atoms with Gasteiger partial charge in [0.2, 0.25) is 5.91 Å². The van der Waals surface area contributed by atoms with E-state index in [1.165, 1.54) is 0 Å². The van der Waals surface area contributed by atoms with Gasteiger partial charge in [0.15, 0.2) is 0 Å². The zero-order chi connectivity index (χ0) is 9.26. The third-order valence-electron chi connectivity index (χ3n) is 1.95. The first-order valence-corrected chi connectivity index (χ1v) is 4.34. The summed E-state index contributed by atoms with van der Waals surface area (Å²) in [4.78, 5) is 12.5. The summed E-state index contributed by atoms with van der Waals surface area (Å²) in [6.45, 7) is 3.16. The summed E-state index contributed by atoms with van der Waals surface area (Å²) in [5.74, 6) is 1.03. The number of carbonyl (C=O) groups excluding carboxylic acids is 1. The van der Waals surface area contributed by atoms with Crippen molar-refractivity contribution in [1.82, 2.24) is 0 Å². The summed E-state index contributed by atoms with van der Waals surface area (Å²) in [5, 5.41) is 0. The molecule has 0 unspecified atom stereocenters. The number of amides is 1. The van der Waals surface area contributed by atoms with Crippen LogP contribution in [0.4, 0.5) is 5.69 Å². The van der Waals surface area contributed by atoms with E-state index in [-0.39, 0.29) is 5.91 Å². The molecule has 13 heavy (non-hydrogen) atoms. The van der Waals surface area contributed by atoms with E-state index in [1.54, 1.807) is 4.90 Å². The van der Waals surface area contributed by atoms with Crippen molar-refractivity contribution in [3.05, 3.63) is 24.3 Å². The zero-order valence-corrected chi connectivity index (χ0v) is 7.49. The molecule has 0 spiro atoms. The van der Waals surface area contributed by atoms with Crippen molar-refractivity contribution in [2.24, 2.45) is 0 Å². The van der Waals surface area contributed by atoms with Crippen LogP contribution in [0, 0.1) is 0 Å². The van der Waals surface area contributed by atoms with Crippen molar-refractivity contribution in [2.75, 3.05) is 18.1 Å². The van der Waals surface area contributed by atoms with E-state index < -0.39 is 0 Å². The summed E-state index contributed by atoms with van der Waals surface area (Å²) in [6.07, 6.45) is 0. The van der Waals surface area contributed by atoms with E-state index in [0.717, 1.165) is 11.4 Å². The van der Waals surface area contributed by atoms with E-state index in [0.29, 0.717) is 13.2 Å². The van der Waals surface area contributed by atoms with Crippen LogP contribution in [-0.4, -0.2) is 19.1 Å². The van der Waals surface area contributed by atoms with Crippen molar-refractivity contribution in [3.63, 3.8) is 0 Å². The van der Waals surface area contributed by atoms with Crippen LogP contribution in [0.25, 0.3) is 0 Å². The van der Waals surface area contributed by atoms with Crippen LogP contribution < -0.4 is 9.64 Å². The van der Waals surface area contributed by atoms with E-state index >= 15 is 0 Å². The summed E-state index contributed by atoms with van der Waals surface area (Å²) in [7, 11) is 0. The van der Waals surface area contributed by atoms with Crippen molar-refractivity contribution < 1.29 is 9.53 Å². The zero-order valence-electron chi connectivity index (χ0n) is 7.49. The Hall–Kier alpha value is -1.51. The van der Waals surface area contributed by atoms with Crippen LogP contribution in [0.5, 0.6) is 5.75 Å². The minimum Gasteiger partial charge on any atom is -0.494 e. The predicted octanol–water partition coefficient (Wildman–Crippen LogP) is 1.43. The van der Waals surface area contributed by atoms with Crippen LogP contribution >= 0.6 is 0 Å². The molecule has 0 radical (unpaired) electrons. The lowest BCUT2D eigenvalue weighted by Crippen LogP contribution is -1.94. The lowest BCUT2D eigenvalue weighted by Gasteiger charge is -2.04. The van der Waals surface area contributed by atoms with Crippen LogP contribution in [0.15, 0.2) is 24.3 Å². The van der Waals surface area contributed by atoms with Gasteiger partial charge in [0.1, 0.15) is 12.3 Å². The highest BCUT2D eigenvalue weighted by Gasteiger charge is 2.31. The highest BCUT2D eigenvalue weighted by atomic mass is 16.5. The van der Waals surface area contributed by atoms with Crippen molar-refractivity contribution in [3.8, 4) is 5.75 Å². The number of anilines is 1. The molecule has 1 heterocycles. The molecule has 1 aromatic rings. The number of ether oxygens (including phenoxy) is 1. The average Bonchev–Trinajstić information content (AvgIpc) is 2.85. The topological polar surface area (TPSA) is 29.3 Å². The Morgan fingerprint density at radius 3 is 2.46 bits per heavy atom. The molecule has 0 aromatic heterocycles. The minimum atomic E-state index is 0.184. The van der Waals surface area contributed by atoms with E-state index in [1.807, 2.05) is 31.2 Å². The predicted molar refractivity (Wildman–Crippen MR) is 50.0 cm³/mol. The van der Waals surface area contributed by atoms with Crippen LogP contribution in [0.1, 0.15) is 6.92 Å². The van der Waals surface area contributed by atoms with E-state index in [4.69, 9.17) is 4.74 Å². The molecule has 3 nitrogen and oxygen atoms in total. The van der Waals surface area contributed by atoms with Crippen LogP contribution in [0.2, 0.25) is 0 Å². The number of benzene rings is 1. The molecule has 1 aromatic carbocycles. The standard InChI is InChI=1S/C10H11NO2/c1-2-13-9-5-3-8(4-6-9)11-7-10(11)12/h3-6H,2,7H2,1H3. The van der Waals surface area contributed by atoms with Crippen LogP contribution in [0.3, 0.4) is 0 Å². The maximum atomic E-state index is 10.8. The molecule has 1 aliphatic heterocycles. The minimum absolute atomic E-state index is 0.184. The molecule has 0 bridgehead atoms. The molecule has 2 rings (SSSR count). The average molecular weight is 177 g/mol. The lowest BCUT2D eigenvalue weighted by atomic mass is 10.3. The number of hydrogen-bond donors (Lipinski definition) is 0. The fraction of sp³-hybridized carbons (Fsp3) is 0.300. The van der Waals surface area contributed by atoms with Gasteiger partial charge in [0.05, 0.1) is 6.61 Å². The Morgan fingerprint density at radius 2 is 2.00 bits per heavy atom. The van der Waals surface area contributed by atoms with E-state index in [2.05, 4.69) is 0 Å². The number of carbonyl (C=O) groups is 1. The van der Waals surface area contributed by atoms with Gasteiger partial charge in [-0.25, -0.2) is 0 Å². The van der Waals surface area contributed by atoms with Crippen LogP contribution in [-0.2, 0) is 4.79 Å². The molecule has 1 amide bonds. The molecule has 1 aliphatic rings. The van der Waals surface area contributed by atoms with Crippen molar-refractivity contribution >= 4 is 11.6 Å². The SMILES string of the molecule is CCOc1ccc(N2CC2=O)cc1. The molecule has 0 saturated carbocycles. The van der Waals surface area contributed by atoms with Gasteiger partial charge in [0, 0.05) is 5.69 Å². The summed E-state index contributed by atoms with van der Waals surface area (Å²) >= 11 is 0. The first-order valence-electron chi connectivity index (χ1n) is 4.34. The summed E-state index contributed by atoms with van der Waals surface area (Å²) in [5.41, 5.74) is 0.952. The van der Waals surface area contributed by atoms with E-state index in [9.17, 15) is 4.79 Å². The molecule has 1 saturated heterocycles. The first kappa shape index (κ1) is 8.10. The Morgan fingerprint density at radius 1 is 1.38 bits per heavy atom. The van der Waals surface area contributed by atoms with Gasteiger partial charge in [-0.2, -0.15) is 0 Å². The van der Waals surface area contributed by atoms with Crippen molar-refractivity contribution in [2.45, 2.75) is 6.92 Å². The Labute approximate surface area is 76.9 Å². The summed E-state index contributed by atoms with van der Waals surface area (Å²) in [6, 6.07) is 7.56. The second kappa shape index (κ2) is 3.09. The molecule has 0 atom stereocenters. The fourth-order valence-corrected chi connectivity index (χ4v) is 1.22. The largest absolute Gasteiger partial charge is 0.494 e. The van der Waals surface area contributed by atoms with Gasteiger partial charge in [-0.05, 0) is 31.2 Å². The second-order valence-corrected chi connectivity index (χ2v) is 2.91. The maximum Gasteiger partial charge on any atom is 0.247 e. The Balaban J connectivity index is 2.10. The normalized spacial score (nSPS) is 14.5. The number of rotatable bonds is 3. The molecule has 1 fully saturated rings. The van der Waals surface area contributed by atoms with Gasteiger partial charge < -0.3 is 9.64 Å². The highest BCUT2D eigenvalue weighted by molar-refractivity contribution is 6.11. The third kappa shape index (κ3) is 1.64. The Bertz CT molecular complexity index is 318. The smallest absolute Gasteiger partial charge is 0.247 e. The second-order valence-electron chi connectivity index (χ2n) is 2.91.